The molecule has 7 nitrogen and oxygen atoms in total. The first kappa shape index (κ1) is 22.1. The van der Waals surface area contributed by atoms with E-state index >= 15 is 0 Å². The van der Waals surface area contributed by atoms with Crippen LogP contribution < -0.4 is 10.1 Å². The van der Waals surface area contributed by atoms with Crippen molar-refractivity contribution in [3.8, 4) is 11.6 Å². The standard InChI is InChI=1S/C22H22F2N4O3/c1-3-28(4-2)20(29)13-26-22(30)18-8-5-14-11-16(7-9-17(14)27-18)31-19-10-6-15(12-25-19)21(23)24/h5-12,21H,3-4,13H2,1-2H3,(H,26,30). The van der Waals surface area contributed by atoms with E-state index in [1.165, 1.54) is 12.1 Å². The summed E-state index contributed by atoms with van der Waals surface area (Å²) in [6.07, 6.45) is -1.52. The number of benzene rings is 1. The van der Waals surface area contributed by atoms with Gasteiger partial charge in [0.05, 0.1) is 12.1 Å². The fourth-order valence-electron chi connectivity index (χ4n) is 2.93. The second-order valence-electron chi connectivity index (χ2n) is 6.63. The fraction of sp³-hybridized carbons (Fsp3) is 0.273. The van der Waals surface area contributed by atoms with Crippen LogP contribution in [0.25, 0.3) is 10.9 Å². The number of nitrogens with one attached hydrogen (secondary N) is 1. The van der Waals surface area contributed by atoms with Crippen molar-refractivity contribution < 1.29 is 23.1 Å². The lowest BCUT2D eigenvalue weighted by atomic mass is 10.2. The molecule has 0 atom stereocenters. The molecule has 2 amide bonds. The minimum Gasteiger partial charge on any atom is -0.439 e. The monoisotopic (exact) mass is 428 g/mol. The molecular formula is C22H22F2N4O3. The van der Waals surface area contributed by atoms with Crippen LogP contribution in [0.1, 0.15) is 36.3 Å². The maximum atomic E-state index is 12.6. The van der Waals surface area contributed by atoms with Crippen molar-refractivity contribution in [3.05, 3.63) is 59.9 Å². The number of carbonyl (C=O) groups is 2. The summed E-state index contributed by atoms with van der Waals surface area (Å²) in [5, 5.41) is 3.31. The molecule has 0 spiro atoms. The Bertz CT molecular complexity index is 1070. The van der Waals surface area contributed by atoms with Crippen LogP contribution in [0.4, 0.5) is 8.78 Å². The lowest BCUT2D eigenvalue weighted by Crippen LogP contribution is -2.40. The number of amides is 2. The molecule has 1 aromatic carbocycles. The lowest BCUT2D eigenvalue weighted by molar-refractivity contribution is -0.129. The van der Waals surface area contributed by atoms with Gasteiger partial charge in [-0.15, -0.1) is 0 Å². The maximum Gasteiger partial charge on any atom is 0.270 e. The summed E-state index contributed by atoms with van der Waals surface area (Å²) in [5.41, 5.74) is 0.577. The van der Waals surface area contributed by atoms with Crippen molar-refractivity contribution in [1.82, 2.24) is 20.2 Å². The molecule has 0 bridgehead atoms. The summed E-state index contributed by atoms with van der Waals surface area (Å²) in [4.78, 5) is 34.2. The number of rotatable bonds is 8. The van der Waals surface area contributed by atoms with Gasteiger partial charge in [0.15, 0.2) is 0 Å². The third-order valence-corrected chi connectivity index (χ3v) is 4.64. The normalized spacial score (nSPS) is 10.9. The van der Waals surface area contributed by atoms with Crippen LogP contribution in [-0.4, -0.2) is 46.3 Å². The first-order valence-corrected chi connectivity index (χ1v) is 9.80. The minimum atomic E-state index is -2.59. The number of aromatic nitrogens is 2. The molecule has 0 unspecified atom stereocenters. The van der Waals surface area contributed by atoms with Gasteiger partial charge in [0.1, 0.15) is 11.4 Å². The quantitative estimate of drug-likeness (QED) is 0.587. The third-order valence-electron chi connectivity index (χ3n) is 4.64. The highest BCUT2D eigenvalue weighted by molar-refractivity contribution is 5.97. The second-order valence-corrected chi connectivity index (χ2v) is 6.63. The minimum absolute atomic E-state index is 0.0929. The van der Waals surface area contributed by atoms with Crippen molar-refractivity contribution in [1.29, 1.82) is 0 Å². The Hall–Kier alpha value is -3.62. The third kappa shape index (κ3) is 5.50. The predicted octanol–water partition coefficient (Wildman–Crippen LogP) is 3.96. The van der Waals surface area contributed by atoms with Crippen molar-refractivity contribution >= 4 is 22.7 Å². The molecular weight excluding hydrogens is 406 g/mol. The topological polar surface area (TPSA) is 84.4 Å². The van der Waals surface area contributed by atoms with Crippen LogP contribution in [0.3, 0.4) is 0 Å². The highest BCUT2D eigenvalue weighted by Gasteiger charge is 2.14. The largest absolute Gasteiger partial charge is 0.439 e. The number of carbonyl (C=O) groups excluding carboxylic acids is 2. The van der Waals surface area contributed by atoms with E-state index in [0.717, 1.165) is 11.6 Å². The van der Waals surface area contributed by atoms with E-state index in [0.29, 0.717) is 24.4 Å². The summed E-state index contributed by atoms with van der Waals surface area (Å²) in [7, 11) is 0. The molecule has 1 N–H and O–H groups in total. The molecule has 2 heterocycles. The molecule has 2 aromatic heterocycles. The molecule has 0 aliphatic rings. The zero-order valence-electron chi connectivity index (χ0n) is 17.1. The Labute approximate surface area is 178 Å². The molecule has 9 heteroatoms. The van der Waals surface area contributed by atoms with Crippen molar-refractivity contribution in [2.24, 2.45) is 0 Å². The maximum absolute atomic E-state index is 12.6. The Kier molecular flexibility index (Phi) is 7.07. The Morgan fingerprint density at radius 1 is 1.10 bits per heavy atom. The molecule has 0 aliphatic carbocycles. The van der Waals surface area contributed by atoms with Crippen LogP contribution in [-0.2, 0) is 4.79 Å². The number of nitrogens with zero attached hydrogens (tertiary/aromatic N) is 3. The van der Waals surface area contributed by atoms with Crippen LogP contribution in [0, 0.1) is 0 Å². The van der Waals surface area contributed by atoms with Gasteiger partial charge in [-0.2, -0.15) is 0 Å². The summed E-state index contributed by atoms with van der Waals surface area (Å²) in [5.74, 6) is 0.0429. The van der Waals surface area contributed by atoms with E-state index in [1.807, 2.05) is 13.8 Å². The zero-order valence-corrected chi connectivity index (χ0v) is 17.1. The van der Waals surface area contributed by atoms with Crippen LogP contribution in [0.5, 0.6) is 11.6 Å². The van der Waals surface area contributed by atoms with Gasteiger partial charge < -0.3 is 15.0 Å². The summed E-state index contributed by atoms with van der Waals surface area (Å²) >= 11 is 0. The van der Waals surface area contributed by atoms with Gasteiger partial charge in [-0.1, -0.05) is 6.07 Å². The van der Waals surface area contributed by atoms with E-state index in [1.54, 1.807) is 35.2 Å². The predicted molar refractivity (Wildman–Crippen MR) is 111 cm³/mol. The fourth-order valence-corrected chi connectivity index (χ4v) is 2.93. The molecule has 162 valence electrons. The van der Waals surface area contributed by atoms with Crippen molar-refractivity contribution in [2.75, 3.05) is 19.6 Å². The highest BCUT2D eigenvalue weighted by atomic mass is 19.3. The molecule has 0 saturated heterocycles. The van der Waals surface area contributed by atoms with Crippen molar-refractivity contribution in [3.63, 3.8) is 0 Å². The molecule has 0 fully saturated rings. The summed E-state index contributed by atoms with van der Waals surface area (Å²) < 4.78 is 30.8. The summed E-state index contributed by atoms with van der Waals surface area (Å²) in [6, 6.07) is 10.9. The number of hydrogen-bond donors (Lipinski definition) is 1. The number of ether oxygens (including phenoxy) is 1. The molecule has 0 saturated carbocycles. The molecule has 0 aliphatic heterocycles. The number of hydrogen-bond acceptors (Lipinski definition) is 5. The van der Waals surface area contributed by atoms with Crippen LogP contribution in [0.2, 0.25) is 0 Å². The first-order chi connectivity index (χ1) is 14.9. The lowest BCUT2D eigenvalue weighted by Gasteiger charge is -2.18. The van der Waals surface area contributed by atoms with E-state index in [9.17, 15) is 18.4 Å². The van der Waals surface area contributed by atoms with Crippen LogP contribution in [0.15, 0.2) is 48.7 Å². The van der Waals surface area contributed by atoms with Crippen LogP contribution >= 0.6 is 0 Å². The van der Waals surface area contributed by atoms with E-state index in [4.69, 9.17) is 4.74 Å². The number of pyridine rings is 2. The Morgan fingerprint density at radius 2 is 1.87 bits per heavy atom. The molecule has 0 radical (unpaired) electrons. The molecule has 3 rings (SSSR count). The smallest absolute Gasteiger partial charge is 0.270 e. The van der Waals surface area contributed by atoms with Gasteiger partial charge >= 0.3 is 0 Å². The number of halogens is 2. The molecule has 31 heavy (non-hydrogen) atoms. The Morgan fingerprint density at radius 3 is 2.52 bits per heavy atom. The zero-order chi connectivity index (χ0) is 22.4. The van der Waals surface area contributed by atoms with E-state index < -0.39 is 12.3 Å². The van der Waals surface area contributed by atoms with Crippen molar-refractivity contribution in [2.45, 2.75) is 20.3 Å². The van der Waals surface area contributed by atoms with Gasteiger partial charge in [-0.3, -0.25) is 9.59 Å². The van der Waals surface area contributed by atoms with Gasteiger partial charge in [0.2, 0.25) is 11.8 Å². The number of likely N-dealkylation sites (N-methyl/N-ethyl adjacent to an activating group) is 1. The van der Waals surface area contributed by atoms with Gasteiger partial charge in [0.25, 0.3) is 12.3 Å². The summed E-state index contributed by atoms with van der Waals surface area (Å²) in [6.45, 7) is 4.82. The second kappa shape index (κ2) is 9.92. The van der Waals surface area contributed by atoms with E-state index in [-0.39, 0.29) is 29.6 Å². The Balaban J connectivity index is 1.68. The van der Waals surface area contributed by atoms with Gasteiger partial charge in [-0.25, -0.2) is 18.7 Å². The van der Waals surface area contributed by atoms with E-state index in [2.05, 4.69) is 15.3 Å². The first-order valence-electron chi connectivity index (χ1n) is 9.80. The highest BCUT2D eigenvalue weighted by Crippen LogP contribution is 2.25. The number of alkyl halides is 2. The average molecular weight is 428 g/mol. The number of fused-ring (bicyclic) bond motifs is 1. The molecule has 3 aromatic rings. The SMILES string of the molecule is CCN(CC)C(=O)CNC(=O)c1ccc2cc(Oc3ccc(C(F)F)cn3)ccc2n1. The average Bonchev–Trinajstić information content (AvgIpc) is 2.78. The van der Waals surface area contributed by atoms with Gasteiger partial charge in [-0.05, 0) is 44.2 Å². The van der Waals surface area contributed by atoms with Gasteiger partial charge in [0, 0.05) is 36.3 Å².